The standard InChI is InChI=1S/C23H17ClN4O9S3/c1-38(32,33)22-12-14(28(30)31)8-9-18(22)25-26-19-10-11-21(29)17-6-3-7-20(23(17)19)27-40(36,37)16-5-2-4-15(13-16)39(24,34)35/h2-13,27,29H,1H3/b26-25+. The Kier molecular flexibility index (Phi) is 7.55. The number of nitro groups is 1. The second-order valence-electron chi connectivity index (χ2n) is 8.23. The quantitative estimate of drug-likeness (QED) is 0.117. The first-order valence-corrected chi connectivity index (χ1v) is 16.5. The smallest absolute Gasteiger partial charge is 0.270 e. The van der Waals surface area contributed by atoms with Crippen LogP contribution in [0.3, 0.4) is 0 Å². The molecule has 0 aliphatic heterocycles. The molecular formula is C23H17ClN4O9S3. The van der Waals surface area contributed by atoms with Crippen LogP contribution >= 0.6 is 10.7 Å². The van der Waals surface area contributed by atoms with Crippen molar-refractivity contribution in [2.24, 2.45) is 10.2 Å². The zero-order chi connectivity index (χ0) is 29.5. The minimum absolute atomic E-state index is 0.000917. The lowest BCUT2D eigenvalue weighted by atomic mass is 10.1. The van der Waals surface area contributed by atoms with E-state index in [0.717, 1.165) is 42.7 Å². The molecule has 0 amide bonds. The molecule has 4 aromatic carbocycles. The number of nitrogens with zero attached hydrogens (tertiary/aromatic N) is 3. The molecule has 4 aromatic rings. The lowest BCUT2D eigenvalue weighted by Crippen LogP contribution is -2.13. The average molecular weight is 625 g/mol. The number of rotatable bonds is 8. The van der Waals surface area contributed by atoms with Crippen molar-refractivity contribution in [3.8, 4) is 5.75 Å². The third-order valence-electron chi connectivity index (χ3n) is 5.46. The molecule has 0 atom stereocenters. The highest BCUT2D eigenvalue weighted by Crippen LogP contribution is 2.40. The van der Waals surface area contributed by atoms with Crippen LogP contribution in [0.25, 0.3) is 10.8 Å². The first-order chi connectivity index (χ1) is 18.6. The molecule has 0 saturated carbocycles. The fraction of sp³-hybridized carbons (Fsp3) is 0.0435. The monoisotopic (exact) mass is 624 g/mol. The van der Waals surface area contributed by atoms with Gasteiger partial charge < -0.3 is 5.11 Å². The van der Waals surface area contributed by atoms with Gasteiger partial charge in [0.25, 0.3) is 24.8 Å². The number of phenols is 1. The summed E-state index contributed by atoms with van der Waals surface area (Å²) in [6, 6.07) is 14.2. The van der Waals surface area contributed by atoms with Crippen molar-refractivity contribution in [1.29, 1.82) is 0 Å². The number of non-ortho nitro benzene ring substituents is 1. The molecule has 13 nitrogen and oxygen atoms in total. The van der Waals surface area contributed by atoms with Gasteiger partial charge in [-0.25, -0.2) is 25.3 Å². The predicted molar refractivity (Wildman–Crippen MR) is 146 cm³/mol. The van der Waals surface area contributed by atoms with E-state index in [4.69, 9.17) is 10.7 Å². The summed E-state index contributed by atoms with van der Waals surface area (Å²) in [5.41, 5.74) is -0.766. The van der Waals surface area contributed by atoms with Crippen LogP contribution in [-0.4, -0.2) is 41.5 Å². The SMILES string of the molecule is CS(=O)(=O)c1cc([N+](=O)[O-])ccc1/N=N/c1ccc(O)c2cccc(NS(=O)(=O)c3cccc(S(=O)(=O)Cl)c3)c12. The van der Waals surface area contributed by atoms with Crippen molar-refractivity contribution in [2.45, 2.75) is 14.7 Å². The molecular weight excluding hydrogens is 608 g/mol. The fourth-order valence-corrected chi connectivity index (χ4v) is 6.45. The van der Waals surface area contributed by atoms with E-state index in [1.807, 2.05) is 0 Å². The summed E-state index contributed by atoms with van der Waals surface area (Å²) in [5, 5.41) is 29.7. The fourth-order valence-electron chi connectivity index (χ4n) is 3.64. The van der Waals surface area contributed by atoms with Crippen molar-refractivity contribution in [2.75, 3.05) is 11.0 Å². The molecule has 0 bridgehead atoms. The predicted octanol–water partition coefficient (Wildman–Crippen LogP) is 5.00. The molecule has 0 heterocycles. The first-order valence-electron chi connectivity index (χ1n) is 10.8. The summed E-state index contributed by atoms with van der Waals surface area (Å²) < 4.78 is 76.5. The Balaban J connectivity index is 1.85. The summed E-state index contributed by atoms with van der Waals surface area (Å²) in [6.45, 7) is 0. The van der Waals surface area contributed by atoms with Crippen molar-refractivity contribution in [3.63, 3.8) is 0 Å². The number of halogens is 1. The van der Waals surface area contributed by atoms with Crippen molar-refractivity contribution in [3.05, 3.63) is 82.9 Å². The van der Waals surface area contributed by atoms with E-state index >= 15 is 0 Å². The van der Waals surface area contributed by atoms with E-state index < -0.39 is 54.2 Å². The molecule has 0 radical (unpaired) electrons. The molecule has 0 aliphatic rings. The van der Waals surface area contributed by atoms with Crippen molar-refractivity contribution >= 4 is 73.1 Å². The molecule has 40 heavy (non-hydrogen) atoms. The summed E-state index contributed by atoms with van der Waals surface area (Å²) in [5.74, 6) is -0.239. The van der Waals surface area contributed by atoms with E-state index in [1.54, 1.807) is 0 Å². The number of hydrogen-bond acceptors (Lipinski definition) is 11. The maximum atomic E-state index is 13.2. The Morgan fingerprint density at radius 1 is 0.850 bits per heavy atom. The summed E-state index contributed by atoms with van der Waals surface area (Å²) in [7, 11) is -7.24. The molecule has 2 N–H and O–H groups in total. The molecule has 4 rings (SSSR count). The minimum Gasteiger partial charge on any atom is -0.507 e. The topological polar surface area (TPSA) is 203 Å². The van der Waals surface area contributed by atoms with Crippen LogP contribution in [0.1, 0.15) is 0 Å². The van der Waals surface area contributed by atoms with Gasteiger partial charge in [0.1, 0.15) is 16.3 Å². The van der Waals surface area contributed by atoms with Gasteiger partial charge in [-0.1, -0.05) is 18.2 Å². The Labute approximate surface area is 232 Å². The number of phenolic OH excluding ortho intramolecular Hbond substituents is 1. The van der Waals surface area contributed by atoms with E-state index in [0.29, 0.717) is 0 Å². The number of fused-ring (bicyclic) bond motifs is 1. The number of benzene rings is 4. The zero-order valence-corrected chi connectivity index (χ0v) is 23.3. The highest BCUT2D eigenvalue weighted by atomic mass is 35.7. The summed E-state index contributed by atoms with van der Waals surface area (Å²) in [4.78, 5) is 9.04. The third kappa shape index (κ3) is 6.04. The van der Waals surface area contributed by atoms with Crippen LogP contribution in [0.15, 0.2) is 97.7 Å². The van der Waals surface area contributed by atoms with Crippen molar-refractivity contribution in [1.82, 2.24) is 0 Å². The van der Waals surface area contributed by atoms with Gasteiger partial charge in [-0.3, -0.25) is 14.8 Å². The number of hydrogen-bond donors (Lipinski definition) is 2. The first kappa shape index (κ1) is 28.9. The maximum absolute atomic E-state index is 13.2. The largest absolute Gasteiger partial charge is 0.507 e. The van der Waals surface area contributed by atoms with Gasteiger partial charge in [0, 0.05) is 39.8 Å². The molecule has 17 heteroatoms. The van der Waals surface area contributed by atoms with Crippen LogP contribution in [0.4, 0.5) is 22.7 Å². The highest BCUT2D eigenvalue weighted by Gasteiger charge is 2.22. The van der Waals surface area contributed by atoms with E-state index in [1.165, 1.54) is 36.4 Å². The van der Waals surface area contributed by atoms with Gasteiger partial charge in [-0.2, -0.15) is 0 Å². The number of sulfonamides is 1. The van der Waals surface area contributed by atoms with Crippen molar-refractivity contribution < 1.29 is 35.3 Å². The molecule has 0 aromatic heterocycles. The molecule has 0 saturated heterocycles. The summed E-state index contributed by atoms with van der Waals surface area (Å²) >= 11 is 0. The molecule has 0 aliphatic carbocycles. The Hall–Kier alpha value is -4.12. The van der Waals surface area contributed by atoms with E-state index in [2.05, 4.69) is 15.0 Å². The van der Waals surface area contributed by atoms with Gasteiger partial charge in [0.15, 0.2) is 9.84 Å². The molecule has 0 unspecified atom stereocenters. The lowest BCUT2D eigenvalue weighted by Gasteiger charge is -2.13. The molecule has 0 fully saturated rings. The van der Waals surface area contributed by atoms with Crippen LogP contribution in [-0.2, 0) is 28.9 Å². The Morgan fingerprint density at radius 2 is 1.48 bits per heavy atom. The second-order valence-corrected chi connectivity index (χ2v) is 14.5. The van der Waals surface area contributed by atoms with E-state index in [9.17, 15) is 40.5 Å². The van der Waals surface area contributed by atoms with Gasteiger partial charge in [0.05, 0.1) is 26.1 Å². The number of nitrogens with one attached hydrogen (secondary N) is 1. The Morgan fingerprint density at radius 3 is 2.12 bits per heavy atom. The number of sulfone groups is 1. The number of azo groups is 1. The minimum atomic E-state index is -4.39. The van der Waals surface area contributed by atoms with Crippen LogP contribution in [0, 0.1) is 10.1 Å². The lowest BCUT2D eigenvalue weighted by molar-refractivity contribution is -0.385. The van der Waals surface area contributed by atoms with Gasteiger partial charge in [-0.05, 0) is 42.5 Å². The third-order valence-corrected chi connectivity index (χ3v) is 9.30. The summed E-state index contributed by atoms with van der Waals surface area (Å²) in [6.07, 6.45) is 0.846. The normalized spacial score (nSPS) is 12.6. The van der Waals surface area contributed by atoms with Crippen LogP contribution in [0.2, 0.25) is 0 Å². The molecule has 0 spiro atoms. The van der Waals surface area contributed by atoms with Crippen LogP contribution < -0.4 is 4.72 Å². The average Bonchev–Trinajstić information content (AvgIpc) is 2.87. The van der Waals surface area contributed by atoms with E-state index in [-0.39, 0.29) is 33.6 Å². The van der Waals surface area contributed by atoms with Crippen LogP contribution in [0.5, 0.6) is 5.75 Å². The number of aromatic hydroxyl groups is 1. The maximum Gasteiger partial charge on any atom is 0.270 e. The number of nitro benzene ring substituents is 1. The zero-order valence-electron chi connectivity index (χ0n) is 20.1. The molecule has 208 valence electrons. The van der Waals surface area contributed by atoms with Gasteiger partial charge in [-0.15, -0.1) is 10.2 Å². The second kappa shape index (κ2) is 10.5. The highest BCUT2D eigenvalue weighted by molar-refractivity contribution is 8.13. The Bertz CT molecular complexity index is 2050. The van der Waals surface area contributed by atoms with Gasteiger partial charge in [0.2, 0.25) is 0 Å². The van der Waals surface area contributed by atoms with Gasteiger partial charge >= 0.3 is 0 Å². The number of anilines is 1.